The molecule has 0 aliphatic rings. The molecule has 0 saturated heterocycles. The molecule has 2 heterocycles. The normalized spacial score (nSPS) is 12.8. The third kappa shape index (κ3) is 3.90. The van der Waals surface area contributed by atoms with Gasteiger partial charge in [0.25, 0.3) is 5.91 Å². The molecule has 28 heavy (non-hydrogen) atoms. The van der Waals surface area contributed by atoms with Crippen molar-refractivity contribution in [1.82, 2.24) is 14.8 Å². The summed E-state index contributed by atoms with van der Waals surface area (Å²) in [5.74, 6) is -1.58. The van der Waals surface area contributed by atoms with Crippen LogP contribution in [0, 0.1) is 12.7 Å². The van der Waals surface area contributed by atoms with Crippen LogP contribution in [0.15, 0.2) is 30.3 Å². The van der Waals surface area contributed by atoms with Crippen molar-refractivity contribution in [2.75, 3.05) is 5.32 Å². The molecule has 1 amide bonds. The van der Waals surface area contributed by atoms with E-state index < -0.39 is 29.6 Å². The molecular weight excluding hydrogens is 380 g/mol. The van der Waals surface area contributed by atoms with Crippen LogP contribution in [0.3, 0.4) is 0 Å². The Morgan fingerprint density at radius 3 is 2.64 bits per heavy atom. The van der Waals surface area contributed by atoms with Crippen molar-refractivity contribution in [2.24, 2.45) is 7.05 Å². The molecule has 148 valence electrons. The number of hydrogen-bond acceptors (Lipinski definition) is 4. The van der Waals surface area contributed by atoms with Crippen molar-refractivity contribution in [3.63, 3.8) is 0 Å². The summed E-state index contributed by atoms with van der Waals surface area (Å²) in [4.78, 5) is 16.3. The van der Waals surface area contributed by atoms with Gasteiger partial charge in [0, 0.05) is 18.8 Å². The van der Waals surface area contributed by atoms with Crippen molar-refractivity contribution in [2.45, 2.75) is 26.1 Å². The van der Waals surface area contributed by atoms with E-state index in [2.05, 4.69) is 15.4 Å². The summed E-state index contributed by atoms with van der Waals surface area (Å²) in [6.45, 7) is 2.80. The molecule has 1 unspecified atom stereocenters. The minimum absolute atomic E-state index is 0.0138. The lowest BCUT2D eigenvalue weighted by Gasteiger charge is -2.16. The molecule has 0 spiro atoms. The van der Waals surface area contributed by atoms with Crippen LogP contribution in [-0.4, -0.2) is 26.8 Å². The molecule has 0 radical (unpaired) electrons. The third-order valence-electron chi connectivity index (χ3n) is 4.01. The summed E-state index contributed by atoms with van der Waals surface area (Å²) >= 11 is 0. The fourth-order valence-electron chi connectivity index (χ4n) is 2.75. The minimum atomic E-state index is -4.65. The number of ether oxygens (including phenoxy) is 1. The van der Waals surface area contributed by atoms with Crippen molar-refractivity contribution in [1.29, 1.82) is 0 Å². The van der Waals surface area contributed by atoms with Gasteiger partial charge in [0.2, 0.25) is 5.88 Å². The lowest BCUT2D eigenvalue weighted by molar-refractivity contribution is -0.136. The number of alkyl halides is 3. The number of rotatable bonds is 4. The maximum Gasteiger partial charge on any atom is 0.417 e. The van der Waals surface area contributed by atoms with Crippen LogP contribution in [-0.2, 0) is 18.0 Å². The van der Waals surface area contributed by atoms with Crippen LogP contribution >= 0.6 is 0 Å². The summed E-state index contributed by atoms with van der Waals surface area (Å²) in [5.41, 5.74) is -0.584. The van der Waals surface area contributed by atoms with Crippen LogP contribution in [0.4, 0.5) is 23.2 Å². The molecule has 3 aromatic rings. The Labute approximate surface area is 157 Å². The number of hydrogen-bond donors (Lipinski definition) is 1. The molecule has 1 N–H and O–H groups in total. The number of aromatic nitrogens is 3. The number of nitrogens with zero attached hydrogens (tertiary/aromatic N) is 3. The Balaban J connectivity index is 1.89. The number of pyridine rings is 1. The number of carbonyl (C=O) groups excluding carboxylic acids is 1. The van der Waals surface area contributed by atoms with Gasteiger partial charge in [0.1, 0.15) is 5.82 Å². The monoisotopic (exact) mass is 396 g/mol. The lowest BCUT2D eigenvalue weighted by atomic mass is 10.1. The fraction of sp³-hybridized carbons (Fsp3) is 0.278. The Morgan fingerprint density at radius 2 is 2.00 bits per heavy atom. The number of halogens is 4. The van der Waals surface area contributed by atoms with Gasteiger partial charge in [-0.05, 0) is 32.0 Å². The van der Waals surface area contributed by atoms with Gasteiger partial charge in [-0.1, -0.05) is 6.07 Å². The lowest BCUT2D eigenvalue weighted by Crippen LogP contribution is -2.30. The molecule has 1 atom stereocenters. The van der Waals surface area contributed by atoms with E-state index in [4.69, 9.17) is 4.74 Å². The molecule has 0 aliphatic heterocycles. The van der Waals surface area contributed by atoms with Gasteiger partial charge in [-0.2, -0.15) is 23.3 Å². The summed E-state index contributed by atoms with van der Waals surface area (Å²) in [5, 5.41) is 6.27. The largest absolute Gasteiger partial charge is 0.464 e. The average molecular weight is 396 g/mol. The van der Waals surface area contributed by atoms with E-state index in [-0.39, 0.29) is 28.3 Å². The van der Waals surface area contributed by atoms with Crippen LogP contribution in [0.1, 0.15) is 18.2 Å². The van der Waals surface area contributed by atoms with E-state index >= 15 is 0 Å². The molecule has 0 saturated carbocycles. The van der Waals surface area contributed by atoms with Gasteiger partial charge in [0.15, 0.2) is 11.8 Å². The summed E-state index contributed by atoms with van der Waals surface area (Å²) < 4.78 is 60.2. The van der Waals surface area contributed by atoms with Gasteiger partial charge in [0.05, 0.1) is 16.6 Å². The molecule has 0 aliphatic carbocycles. The number of benzene rings is 1. The highest BCUT2D eigenvalue weighted by Crippen LogP contribution is 2.37. The first-order valence-electron chi connectivity index (χ1n) is 8.21. The highest BCUT2D eigenvalue weighted by molar-refractivity contribution is 5.94. The van der Waals surface area contributed by atoms with Crippen molar-refractivity contribution in [3.8, 4) is 5.88 Å². The summed E-state index contributed by atoms with van der Waals surface area (Å²) in [6.07, 6.45) is -5.83. The van der Waals surface area contributed by atoms with Crippen LogP contribution in [0.5, 0.6) is 5.88 Å². The van der Waals surface area contributed by atoms with Gasteiger partial charge in [-0.3, -0.25) is 9.48 Å². The highest BCUT2D eigenvalue weighted by Gasteiger charge is 2.36. The second kappa shape index (κ2) is 7.10. The number of nitrogens with one attached hydrogen (secondary N) is 1. The molecule has 1 aromatic carbocycles. The van der Waals surface area contributed by atoms with Gasteiger partial charge < -0.3 is 10.1 Å². The number of aryl methyl sites for hydroxylation is 2. The molecular formula is C18H16F4N4O2. The first-order chi connectivity index (χ1) is 13.1. The molecule has 3 rings (SSSR count). The Bertz CT molecular complexity index is 1050. The van der Waals surface area contributed by atoms with Crippen LogP contribution in [0.25, 0.3) is 11.0 Å². The first kappa shape index (κ1) is 19.6. The molecule has 10 heteroatoms. The van der Waals surface area contributed by atoms with Crippen molar-refractivity contribution >= 4 is 22.6 Å². The predicted molar refractivity (Wildman–Crippen MR) is 93.4 cm³/mol. The SMILES string of the molecule is Cc1nn(C)c2nc(OC(C)C(=O)Nc3cccc(F)c3)cc(C(F)(F)F)c12. The van der Waals surface area contributed by atoms with Crippen LogP contribution < -0.4 is 10.1 Å². The fourth-order valence-corrected chi connectivity index (χ4v) is 2.75. The topological polar surface area (TPSA) is 69.0 Å². The zero-order valence-electron chi connectivity index (χ0n) is 15.1. The first-order valence-corrected chi connectivity index (χ1v) is 8.21. The zero-order valence-corrected chi connectivity index (χ0v) is 15.1. The number of amides is 1. The number of carbonyl (C=O) groups is 1. The Kier molecular flexibility index (Phi) is 4.97. The molecule has 2 aromatic heterocycles. The van der Waals surface area contributed by atoms with Gasteiger partial charge in [-0.25, -0.2) is 4.39 Å². The summed E-state index contributed by atoms with van der Waals surface area (Å²) in [7, 11) is 1.46. The smallest absolute Gasteiger partial charge is 0.417 e. The second-order valence-electron chi connectivity index (χ2n) is 6.17. The van der Waals surface area contributed by atoms with E-state index in [0.29, 0.717) is 0 Å². The molecule has 0 fully saturated rings. The molecule has 6 nitrogen and oxygen atoms in total. The Morgan fingerprint density at radius 1 is 1.29 bits per heavy atom. The number of anilines is 1. The molecule has 0 bridgehead atoms. The van der Waals surface area contributed by atoms with E-state index in [1.807, 2.05) is 0 Å². The second-order valence-corrected chi connectivity index (χ2v) is 6.17. The van der Waals surface area contributed by atoms with E-state index in [0.717, 1.165) is 12.1 Å². The average Bonchev–Trinajstić information content (AvgIpc) is 2.87. The standard InChI is InChI=1S/C18H16F4N4O2/c1-9-15-13(18(20,21)22)8-14(24-16(15)26(3)25-9)28-10(2)17(27)23-12-6-4-5-11(19)7-12/h4-8,10H,1-3H3,(H,23,27). The maximum absolute atomic E-state index is 13.5. The quantitative estimate of drug-likeness (QED) is 0.681. The van der Waals surface area contributed by atoms with Gasteiger partial charge >= 0.3 is 6.18 Å². The van der Waals surface area contributed by atoms with Gasteiger partial charge in [-0.15, -0.1) is 0 Å². The number of fused-ring (bicyclic) bond motifs is 1. The third-order valence-corrected chi connectivity index (χ3v) is 4.01. The Hall–Kier alpha value is -3.17. The minimum Gasteiger partial charge on any atom is -0.464 e. The van der Waals surface area contributed by atoms with Crippen LogP contribution in [0.2, 0.25) is 0 Å². The maximum atomic E-state index is 13.5. The van der Waals surface area contributed by atoms with Crippen molar-refractivity contribution < 1.29 is 27.1 Å². The summed E-state index contributed by atoms with van der Waals surface area (Å²) in [6, 6.07) is 5.94. The van der Waals surface area contributed by atoms with E-state index in [1.54, 1.807) is 0 Å². The van der Waals surface area contributed by atoms with E-state index in [1.165, 1.54) is 43.8 Å². The zero-order chi connectivity index (χ0) is 20.6. The van der Waals surface area contributed by atoms with Crippen molar-refractivity contribution in [3.05, 3.63) is 47.4 Å². The highest BCUT2D eigenvalue weighted by atomic mass is 19.4. The predicted octanol–water partition coefficient (Wildman–Crippen LogP) is 3.84. The van der Waals surface area contributed by atoms with E-state index in [9.17, 15) is 22.4 Å².